The molecule has 0 radical (unpaired) electrons. The molecular weight excluding hydrogens is 2070 g/mol. The Kier molecular flexibility index (Phi) is 46.2. The maximum Gasteiger partial charge on any atom is 0 e. The van der Waals surface area contributed by atoms with E-state index >= 15 is 0 Å². The molecule has 0 bridgehead atoms. The zero-order valence-corrected chi connectivity index (χ0v) is 84.3. The number of hydrogen-bond acceptors (Lipinski definition) is 8. The van der Waals surface area contributed by atoms with Crippen LogP contribution < -0.4 is 13.1 Å². The summed E-state index contributed by atoms with van der Waals surface area (Å²) < 4.78 is 105. The second-order valence-electron chi connectivity index (χ2n) is 26.8. The van der Waals surface area contributed by atoms with Crippen molar-refractivity contribution in [3.05, 3.63) is 273 Å². The van der Waals surface area contributed by atoms with Gasteiger partial charge in [-0.1, -0.05) is 171 Å². The Bertz CT molecular complexity index is 4930. The van der Waals surface area contributed by atoms with Crippen molar-refractivity contribution >= 4 is 82.3 Å². The van der Waals surface area contributed by atoms with Crippen molar-refractivity contribution in [2.24, 2.45) is 0 Å². The molecule has 13 rings (SSSR count). The number of hydrogen-bond donors (Lipinski definition) is 3. The van der Waals surface area contributed by atoms with E-state index in [2.05, 4.69) is 144 Å². The van der Waals surface area contributed by atoms with Crippen molar-refractivity contribution in [1.82, 2.24) is 0 Å². The van der Waals surface area contributed by atoms with Gasteiger partial charge in [-0.25, -0.2) is 0 Å². The van der Waals surface area contributed by atoms with Crippen molar-refractivity contribution in [2.75, 3.05) is 6.61 Å². The molecule has 0 aliphatic heterocycles. The van der Waals surface area contributed by atoms with Crippen LogP contribution >= 0.6 is 0 Å². The van der Waals surface area contributed by atoms with Gasteiger partial charge in [0.05, 0.1) is 6.61 Å². The van der Waals surface area contributed by atoms with Gasteiger partial charge in [-0.3, -0.25) is 0 Å². The minimum absolute atomic E-state index is 0. The number of benzene rings is 10. The largest absolute Gasteiger partial charge is 0.0620 e. The van der Waals surface area contributed by atoms with Crippen molar-refractivity contribution in [3.63, 3.8) is 0 Å². The molecule has 0 fully saturated rings. The van der Waals surface area contributed by atoms with Crippen LogP contribution in [0.5, 0.6) is 28.7 Å². The van der Waals surface area contributed by atoms with Gasteiger partial charge < -0.3 is 20.1 Å². The van der Waals surface area contributed by atoms with Gasteiger partial charge in [0.15, 0.2) is 0 Å². The summed E-state index contributed by atoms with van der Waals surface area (Å²) in [6.45, 7) is 63.5. The van der Waals surface area contributed by atoms with Gasteiger partial charge in [0.1, 0.15) is 11.5 Å². The number of halogens is 6. The van der Waals surface area contributed by atoms with Gasteiger partial charge in [-0.05, 0) is 129 Å². The number of carbonyl (C=O) groups excluding carboxylic acids is 1. The maximum atomic E-state index is 13.9. The van der Waals surface area contributed by atoms with Crippen LogP contribution in [0.2, 0.25) is 0 Å². The Balaban J connectivity index is 0. The molecule has 0 heterocycles. The Morgan fingerprint density at radius 3 is 1.04 bits per heavy atom. The molecule has 0 spiro atoms. The Morgan fingerprint density at radius 1 is 0.325 bits per heavy atom. The van der Waals surface area contributed by atoms with Gasteiger partial charge >= 0.3 is 356 Å². The fourth-order valence-corrected chi connectivity index (χ4v) is 17.7. The van der Waals surface area contributed by atoms with Crippen LogP contribution in [0.4, 0.5) is 26.3 Å². The van der Waals surface area contributed by atoms with E-state index in [0.29, 0.717) is 56.9 Å². The van der Waals surface area contributed by atoms with Crippen molar-refractivity contribution in [1.29, 1.82) is 0 Å². The van der Waals surface area contributed by atoms with E-state index in [0.717, 1.165) is 138 Å². The number of carbonyl (C=O) groups is 1. The number of ketones is 1. The molecule has 8 nitrogen and oxygen atoms in total. The third kappa shape index (κ3) is 22.6. The number of ether oxygens (including phenoxy) is 1. The molecule has 3 N–H and O–H groups in total. The van der Waals surface area contributed by atoms with Gasteiger partial charge in [0.25, 0.3) is 0 Å². The smallest absolute Gasteiger partial charge is 0 e. The molecule has 0 saturated heterocycles. The topological polar surface area (TPSA) is 115 Å². The van der Waals surface area contributed by atoms with Crippen LogP contribution in [0.25, 0.3) is 44.5 Å². The second kappa shape index (κ2) is 49.1. The van der Waals surface area contributed by atoms with Crippen LogP contribution in [0.15, 0.2) is 133 Å². The summed E-state index contributed by atoms with van der Waals surface area (Å²) in [6.07, 6.45) is -9.71. The molecule has 0 aromatic heterocycles. The van der Waals surface area contributed by atoms with Gasteiger partial charge in [-0.15, -0.1) is 0 Å². The third-order valence-electron chi connectivity index (χ3n) is 20.9. The first-order valence-electron chi connectivity index (χ1n) is 39.7. The molecule has 3 aliphatic rings. The number of aromatic hydroxyl groups is 1. The number of rotatable bonds is 6. The number of fused-ring (bicyclic) bond motifs is 9. The molecule has 2 atom stereocenters. The first-order chi connectivity index (χ1) is 54.3. The first-order valence-corrected chi connectivity index (χ1v) is 43.9. The van der Waals surface area contributed by atoms with E-state index in [1.165, 1.54) is 98.0 Å². The zero-order chi connectivity index (χ0) is 88.6. The minimum Gasteiger partial charge on any atom is -0.0620 e. The Morgan fingerprint density at radius 2 is 0.650 bits per heavy atom. The van der Waals surface area contributed by atoms with Crippen LogP contribution in [0.1, 0.15) is 250 Å². The monoisotopic (exact) mass is 2210 g/mol. The maximum absolute atomic E-state index is 13.9. The summed E-state index contributed by atoms with van der Waals surface area (Å²) in [5.74, 6) is 3.36. The van der Waals surface area contributed by atoms with E-state index in [1.54, 1.807) is 58.9 Å². The predicted octanol–water partition coefficient (Wildman–Crippen LogP) is 27.8. The van der Waals surface area contributed by atoms with Crippen LogP contribution in [-0.2, 0) is 11.2 Å². The molecule has 0 saturated carbocycles. The average molecular weight is 2210 g/mol. The quantitative estimate of drug-likeness (QED) is 0.141. The molecule has 10 aromatic carbocycles. The first kappa shape index (κ1) is 110. The molecule has 17 heteroatoms. The van der Waals surface area contributed by atoms with E-state index in [1.807, 2.05) is 121 Å². The molecule has 10 aromatic rings. The van der Waals surface area contributed by atoms with Crippen LogP contribution in [0.3, 0.4) is 0 Å². The van der Waals surface area contributed by atoms with E-state index in [4.69, 9.17) is 13.1 Å². The van der Waals surface area contributed by atoms with Gasteiger partial charge in [0.2, 0.25) is 11.2 Å². The van der Waals surface area contributed by atoms with Gasteiger partial charge in [0, 0.05) is 23.7 Å². The zero-order valence-electron chi connectivity index (χ0n) is 73.9. The van der Waals surface area contributed by atoms with Crippen molar-refractivity contribution < 1.29 is 60.9 Å². The molecular formula is C100H136F6O8Po3. The number of aliphatic hydroxyl groups is 2. The second-order valence-corrected chi connectivity index (χ2v) is 28.9. The molecule has 0 amide bonds. The third-order valence-corrected chi connectivity index (χ3v) is 23.0. The molecule has 117 heavy (non-hydrogen) atoms. The predicted molar refractivity (Wildman–Crippen MR) is 492 cm³/mol. The van der Waals surface area contributed by atoms with Crippen LogP contribution in [0, 0.1) is 132 Å². The van der Waals surface area contributed by atoms with Gasteiger partial charge in [-0.2, -0.15) is 26.3 Å². The summed E-state index contributed by atoms with van der Waals surface area (Å²) in [6, 6.07) is 41.3. The van der Waals surface area contributed by atoms with Crippen molar-refractivity contribution in [3.8, 4) is 73.3 Å². The normalized spacial score (nSPS) is 13.3. The Labute approximate surface area is 749 Å². The molecule has 2 unspecified atom stereocenters. The summed E-state index contributed by atoms with van der Waals surface area (Å²) >= 11 is 2.74. The van der Waals surface area contributed by atoms with Crippen LogP contribution in [-0.4, -0.2) is 117 Å². The fraction of sp³-hybridized carbons (Fsp3) is 0.390. The molecule has 644 valence electrons. The van der Waals surface area contributed by atoms with Crippen molar-refractivity contribution in [2.45, 2.75) is 260 Å². The standard InChI is InChI=1S/C19H19F3O2.C17H15F3O2.C16H14O2.C16H18O.C10H14O.C8H10.6C2H6.2CH4.3Po.H2.3H/c1-5-24-17-11(3)10(2)15-13-8-6-7-9-14(13)18(23,19(20,21)22)16(15)12(17)4;1-8-9(2)15(21)10(3)14-13(8)11-6-4-5-7-12(11)16(14,22)17(18,19)20;1-8-9(2)15(17)10(3)14-13(8)11-6-4-5-7-12(11)16(14)18;1-10-7-5-6-8-14(10)15-9-11(2)16(17)13(4)12(15)3;1-6-5-7(2)10(11)9(4)8(6)3;1-7-5-3-4-6-8(7)2;6*1-2;;;;;;;;;/h6-9,23H,5H2,1-4H3;4-7,21-22H,1-3H3;4-7,17H,1-3H3;5-9,17H,1-4H3;5,11H,1-4H3;3-6H,1-2H3;6*1-2H3;2*1H4;;;;1H;;;/q;;;;;;;;;;;;;;3*+1;;;;/p-3/i;;;;;;;;;;;;;;;;;1+2;;;. The van der Waals surface area contributed by atoms with E-state index < -0.39 is 23.6 Å². The van der Waals surface area contributed by atoms with E-state index in [-0.39, 0.29) is 55.6 Å². The summed E-state index contributed by atoms with van der Waals surface area (Å²) in [4.78, 5) is 12.6. The summed E-state index contributed by atoms with van der Waals surface area (Å²) in [7, 11) is 0. The number of phenolic OH excluding ortho intramolecular Hbond substituents is 1. The Hall–Kier alpha value is -6.94. The SMILES string of the molecule is C.C.CC.CC.CC.CC.CC.CC.CCOc1c(C)c(C)c2c(c1C)C(O)(C(F)(F)F)c1ccccc1-2.Cc1c(C)c2c(c(C)c1O)C(O)(C(F)(F)F)c1ccccc1-2.Cc1c(C)c2c(c(C)c1[O][PoH])C(=O)c1ccccc1-2.Cc1cc(C)c([O][PoH])c(C)c1C.Cc1ccccc1-c1cc(C)c([O][PoH])c(C)c1C.Cc1ccccc1C.[3HH]. The minimum atomic E-state index is -4.88. The molecule has 3 aliphatic carbocycles. The number of aryl methyl sites for hydroxylation is 6. The fourth-order valence-electron chi connectivity index (χ4n) is 14.4. The number of phenols is 1. The summed E-state index contributed by atoms with van der Waals surface area (Å²) in [5.41, 5.74) is 20.6. The summed E-state index contributed by atoms with van der Waals surface area (Å²) in [5, 5.41) is 31.6. The van der Waals surface area contributed by atoms with E-state index in [9.17, 15) is 46.5 Å². The average Bonchev–Trinajstić information content (AvgIpc) is 1.54. The number of alkyl halides is 6.